The lowest BCUT2D eigenvalue weighted by Crippen LogP contribution is -2.38. The number of amidine groups is 1. The van der Waals surface area contributed by atoms with Gasteiger partial charge in [0.1, 0.15) is 12.4 Å². The van der Waals surface area contributed by atoms with Crippen molar-refractivity contribution in [2.45, 2.75) is 13.0 Å². The number of nitrogen functional groups attached to an aromatic ring is 1. The Morgan fingerprint density at radius 3 is 2.26 bits per heavy atom. The van der Waals surface area contributed by atoms with Gasteiger partial charge in [-0.1, -0.05) is 60.2 Å². The van der Waals surface area contributed by atoms with E-state index in [-0.39, 0.29) is 18.0 Å². The van der Waals surface area contributed by atoms with E-state index in [9.17, 15) is 9.59 Å². The highest BCUT2D eigenvalue weighted by molar-refractivity contribution is 6.19. The molecule has 158 valence electrons. The van der Waals surface area contributed by atoms with Crippen LogP contribution in [-0.4, -0.2) is 24.4 Å². The average Bonchev–Trinajstić information content (AvgIpc) is 2.79. The molecule has 0 aliphatic heterocycles. The molecule has 0 saturated heterocycles. The predicted molar refractivity (Wildman–Crippen MR) is 120 cm³/mol. The van der Waals surface area contributed by atoms with Crippen molar-refractivity contribution in [3.05, 3.63) is 101 Å². The minimum Gasteiger partial charge on any atom is -0.447 e. The van der Waals surface area contributed by atoms with Crippen LogP contribution in [0.1, 0.15) is 33.1 Å². The van der Waals surface area contributed by atoms with E-state index >= 15 is 0 Å². The molecule has 7 heteroatoms. The second-order valence-corrected chi connectivity index (χ2v) is 7.06. The fraction of sp³-hybridized carbons (Fsp3) is 0.125. The maximum Gasteiger partial charge on any atom is 0.421 e. The molecule has 3 rings (SSSR count). The Kier molecular flexibility index (Phi) is 6.79. The second kappa shape index (κ2) is 9.69. The molecule has 0 bridgehead atoms. The normalized spacial score (nSPS) is 11.4. The van der Waals surface area contributed by atoms with Crippen LogP contribution in [0.5, 0.6) is 0 Å². The van der Waals surface area contributed by atoms with Crippen molar-refractivity contribution in [3.8, 4) is 0 Å². The number of hydrogen-bond acceptors (Lipinski definition) is 5. The zero-order chi connectivity index (χ0) is 22.4. The number of rotatable bonds is 6. The number of benzene rings is 3. The van der Waals surface area contributed by atoms with Crippen molar-refractivity contribution in [2.24, 2.45) is 11.5 Å². The number of nitrogens with one attached hydrogen (secondary N) is 1. The largest absolute Gasteiger partial charge is 0.447 e. The van der Waals surface area contributed by atoms with Crippen LogP contribution in [0, 0.1) is 12.3 Å². The van der Waals surface area contributed by atoms with Crippen molar-refractivity contribution in [2.75, 3.05) is 11.5 Å². The number of hydrogen-bond donors (Lipinski definition) is 3. The van der Waals surface area contributed by atoms with Gasteiger partial charge in [-0.05, 0) is 36.8 Å². The van der Waals surface area contributed by atoms with E-state index in [2.05, 4.69) is 0 Å². The molecule has 1 atom stereocenters. The van der Waals surface area contributed by atoms with Crippen molar-refractivity contribution in [3.63, 3.8) is 0 Å². The minimum atomic E-state index is -0.839. The number of imide groups is 1. The zero-order valence-electron chi connectivity index (χ0n) is 17.1. The van der Waals surface area contributed by atoms with E-state index in [0.717, 1.165) is 16.0 Å². The Balaban J connectivity index is 1.86. The summed E-state index contributed by atoms with van der Waals surface area (Å²) in [6.45, 7) is 1.81. The summed E-state index contributed by atoms with van der Waals surface area (Å²) in [5.41, 5.74) is 14.4. The molecule has 0 aliphatic carbocycles. The monoisotopic (exact) mass is 416 g/mol. The maximum atomic E-state index is 13.2. The predicted octanol–water partition coefficient (Wildman–Crippen LogP) is 3.76. The number of ether oxygens (including phenoxy) is 1. The molecule has 3 aromatic rings. The summed E-state index contributed by atoms with van der Waals surface area (Å²) >= 11 is 0. The number of nitrogens with two attached hydrogens (primary N) is 2. The van der Waals surface area contributed by atoms with Gasteiger partial charge >= 0.3 is 6.09 Å². The SMILES string of the molecule is Cc1ccc(N(C(=O)OC[C@H](N)c2ccccc2)C(=O)c2cccc(C(=N)N)c2)cc1. The molecule has 0 saturated carbocycles. The number of nitrogens with zero attached hydrogens (tertiary/aromatic N) is 1. The third-order valence-electron chi connectivity index (χ3n) is 4.71. The Morgan fingerprint density at radius 1 is 0.968 bits per heavy atom. The summed E-state index contributed by atoms with van der Waals surface area (Å²) in [4.78, 5) is 27.2. The Morgan fingerprint density at radius 2 is 1.61 bits per heavy atom. The molecule has 31 heavy (non-hydrogen) atoms. The van der Waals surface area contributed by atoms with Crippen LogP contribution in [0.15, 0.2) is 78.9 Å². The van der Waals surface area contributed by atoms with Gasteiger partial charge < -0.3 is 16.2 Å². The molecule has 0 aromatic heterocycles. The number of aryl methyl sites for hydroxylation is 1. The van der Waals surface area contributed by atoms with Gasteiger partial charge in [-0.15, -0.1) is 0 Å². The van der Waals surface area contributed by atoms with Crippen LogP contribution in [0.2, 0.25) is 0 Å². The Hall–Kier alpha value is -3.97. The van der Waals surface area contributed by atoms with E-state index in [1.807, 2.05) is 37.3 Å². The second-order valence-electron chi connectivity index (χ2n) is 7.06. The van der Waals surface area contributed by atoms with E-state index in [0.29, 0.717) is 11.3 Å². The van der Waals surface area contributed by atoms with Gasteiger partial charge in [0.25, 0.3) is 5.91 Å². The van der Waals surface area contributed by atoms with E-state index in [1.54, 1.807) is 42.5 Å². The maximum absolute atomic E-state index is 13.2. The summed E-state index contributed by atoms with van der Waals surface area (Å²) in [5.74, 6) is -0.766. The van der Waals surface area contributed by atoms with Gasteiger partial charge in [-0.2, -0.15) is 0 Å². The van der Waals surface area contributed by atoms with Gasteiger partial charge in [-0.25, -0.2) is 9.69 Å². The van der Waals surface area contributed by atoms with Gasteiger partial charge in [0, 0.05) is 11.1 Å². The third kappa shape index (κ3) is 5.34. The van der Waals surface area contributed by atoms with E-state index in [1.165, 1.54) is 6.07 Å². The van der Waals surface area contributed by atoms with Crippen LogP contribution < -0.4 is 16.4 Å². The quantitative estimate of drug-likeness (QED) is 0.417. The Labute approximate surface area is 180 Å². The third-order valence-corrected chi connectivity index (χ3v) is 4.71. The Bertz CT molecular complexity index is 1080. The van der Waals surface area contributed by atoms with Crippen LogP contribution in [0.25, 0.3) is 0 Å². The molecule has 0 heterocycles. The number of amides is 2. The van der Waals surface area contributed by atoms with Gasteiger partial charge in [0.05, 0.1) is 11.7 Å². The van der Waals surface area contributed by atoms with Crippen molar-refractivity contribution in [1.29, 1.82) is 5.41 Å². The summed E-state index contributed by atoms with van der Waals surface area (Å²) in [6, 6.07) is 21.9. The van der Waals surface area contributed by atoms with Gasteiger partial charge in [0.15, 0.2) is 0 Å². The van der Waals surface area contributed by atoms with Crippen molar-refractivity contribution in [1.82, 2.24) is 0 Å². The molecule has 3 aromatic carbocycles. The molecule has 0 unspecified atom stereocenters. The fourth-order valence-corrected chi connectivity index (χ4v) is 2.97. The first-order valence-corrected chi connectivity index (χ1v) is 9.69. The molecule has 0 spiro atoms. The molecule has 0 fully saturated rings. The average molecular weight is 416 g/mol. The highest BCUT2D eigenvalue weighted by Gasteiger charge is 2.27. The van der Waals surface area contributed by atoms with Crippen LogP contribution in [0.3, 0.4) is 0 Å². The molecule has 7 nitrogen and oxygen atoms in total. The standard InChI is InChI=1S/C24H24N4O3/c1-16-10-12-20(13-11-16)28(23(29)19-9-5-8-18(14-19)22(26)27)24(30)31-15-21(25)17-6-3-2-4-7-17/h2-14,21H,15,25H2,1H3,(H3,26,27)/t21-/m0/s1. The van der Waals surface area contributed by atoms with Crippen LogP contribution >= 0.6 is 0 Å². The van der Waals surface area contributed by atoms with Gasteiger partial charge in [-0.3, -0.25) is 10.2 Å². The summed E-state index contributed by atoms with van der Waals surface area (Å²) in [5, 5.41) is 7.59. The molecule has 0 aliphatic rings. The topological polar surface area (TPSA) is 122 Å². The number of carbonyl (C=O) groups excluding carboxylic acids is 2. The van der Waals surface area contributed by atoms with Crippen molar-refractivity contribution < 1.29 is 14.3 Å². The molecular weight excluding hydrogens is 392 g/mol. The molecular formula is C24H24N4O3. The molecule has 0 radical (unpaired) electrons. The highest BCUT2D eigenvalue weighted by atomic mass is 16.6. The van der Waals surface area contributed by atoms with E-state index < -0.39 is 18.0 Å². The first-order valence-electron chi connectivity index (χ1n) is 9.69. The first kappa shape index (κ1) is 21.7. The number of anilines is 1. The minimum absolute atomic E-state index is 0.0913. The first-order chi connectivity index (χ1) is 14.9. The van der Waals surface area contributed by atoms with Crippen molar-refractivity contribution >= 4 is 23.5 Å². The zero-order valence-corrected chi connectivity index (χ0v) is 17.1. The molecule has 5 N–H and O–H groups in total. The fourth-order valence-electron chi connectivity index (χ4n) is 2.97. The molecule has 2 amide bonds. The summed E-state index contributed by atoms with van der Waals surface area (Å²) < 4.78 is 5.40. The lowest BCUT2D eigenvalue weighted by atomic mass is 10.1. The van der Waals surface area contributed by atoms with Gasteiger partial charge in [0.2, 0.25) is 0 Å². The van der Waals surface area contributed by atoms with Crippen LogP contribution in [-0.2, 0) is 4.74 Å². The highest BCUT2D eigenvalue weighted by Crippen LogP contribution is 2.21. The van der Waals surface area contributed by atoms with E-state index in [4.69, 9.17) is 21.6 Å². The summed E-state index contributed by atoms with van der Waals surface area (Å²) in [7, 11) is 0. The van der Waals surface area contributed by atoms with Crippen LogP contribution in [0.4, 0.5) is 10.5 Å². The lowest BCUT2D eigenvalue weighted by Gasteiger charge is -2.22. The summed E-state index contributed by atoms with van der Waals surface area (Å²) in [6.07, 6.45) is -0.839. The lowest BCUT2D eigenvalue weighted by molar-refractivity contribution is 0.0960. The smallest absolute Gasteiger partial charge is 0.421 e. The number of carbonyl (C=O) groups is 2.